The number of benzene rings is 1. The van der Waals surface area contributed by atoms with Gasteiger partial charge in [0.25, 0.3) is 0 Å². The van der Waals surface area contributed by atoms with E-state index in [2.05, 4.69) is 29.5 Å². The molecule has 1 N–H and O–H groups in total. The first kappa shape index (κ1) is 12.6. The van der Waals surface area contributed by atoms with Gasteiger partial charge in [0.2, 0.25) is 0 Å². The zero-order valence-corrected chi connectivity index (χ0v) is 10.8. The van der Waals surface area contributed by atoms with E-state index in [1.165, 1.54) is 5.56 Å². The van der Waals surface area contributed by atoms with Crippen molar-refractivity contribution in [2.45, 2.75) is 19.5 Å². The van der Waals surface area contributed by atoms with Gasteiger partial charge in [-0.3, -0.25) is 4.68 Å². The predicted octanol–water partition coefficient (Wildman–Crippen LogP) is 2.24. The summed E-state index contributed by atoms with van der Waals surface area (Å²) in [5.74, 6) is 0.897. The Kier molecular flexibility index (Phi) is 4.36. The summed E-state index contributed by atoms with van der Waals surface area (Å²) in [5, 5.41) is 7.64. The van der Waals surface area contributed by atoms with Gasteiger partial charge in [0.15, 0.2) is 0 Å². The fourth-order valence-corrected chi connectivity index (χ4v) is 1.86. The van der Waals surface area contributed by atoms with Crippen LogP contribution in [0.5, 0.6) is 5.75 Å². The third kappa shape index (κ3) is 3.34. The largest absolute Gasteiger partial charge is 0.497 e. The molecule has 0 saturated carbocycles. The monoisotopic (exact) mass is 245 g/mol. The number of hydrogen-bond donors (Lipinski definition) is 1. The molecule has 4 heteroatoms. The van der Waals surface area contributed by atoms with Gasteiger partial charge in [0.1, 0.15) is 5.75 Å². The number of aromatic nitrogens is 2. The Bertz CT molecular complexity index is 468. The van der Waals surface area contributed by atoms with Gasteiger partial charge in [-0.2, -0.15) is 5.10 Å². The Labute approximate surface area is 108 Å². The van der Waals surface area contributed by atoms with Gasteiger partial charge >= 0.3 is 0 Å². The minimum absolute atomic E-state index is 0.302. The number of ether oxygens (including phenoxy) is 1. The molecular weight excluding hydrogens is 226 g/mol. The second-order valence-corrected chi connectivity index (χ2v) is 4.22. The smallest absolute Gasteiger partial charge is 0.119 e. The maximum absolute atomic E-state index is 5.23. The molecule has 0 radical (unpaired) electrons. The van der Waals surface area contributed by atoms with E-state index in [1.54, 1.807) is 13.3 Å². The van der Waals surface area contributed by atoms with Crippen molar-refractivity contribution in [2.24, 2.45) is 0 Å². The number of rotatable bonds is 6. The fraction of sp³-hybridized carbons (Fsp3) is 0.357. The van der Waals surface area contributed by atoms with Crippen LogP contribution in [0.3, 0.4) is 0 Å². The van der Waals surface area contributed by atoms with Gasteiger partial charge < -0.3 is 10.1 Å². The molecular formula is C14H19N3O. The number of nitrogens with one attached hydrogen (secondary N) is 1. The van der Waals surface area contributed by atoms with Gasteiger partial charge in [-0.25, -0.2) is 0 Å². The summed E-state index contributed by atoms with van der Waals surface area (Å²) in [5.41, 5.74) is 1.23. The highest BCUT2D eigenvalue weighted by Crippen LogP contribution is 2.18. The van der Waals surface area contributed by atoms with Gasteiger partial charge in [0, 0.05) is 25.0 Å². The maximum atomic E-state index is 5.23. The molecule has 0 aliphatic carbocycles. The molecule has 2 rings (SSSR count). The average Bonchev–Trinajstić information content (AvgIpc) is 2.92. The Morgan fingerprint density at radius 1 is 1.39 bits per heavy atom. The molecule has 0 unspecified atom stereocenters. The molecule has 96 valence electrons. The fourth-order valence-electron chi connectivity index (χ4n) is 1.86. The SMILES string of the molecule is COc1cccc([C@@H](C)NCCn2cccn2)c1. The minimum Gasteiger partial charge on any atom is -0.497 e. The molecule has 0 saturated heterocycles. The third-order valence-electron chi connectivity index (χ3n) is 2.94. The Morgan fingerprint density at radius 3 is 3.00 bits per heavy atom. The van der Waals surface area contributed by atoms with E-state index >= 15 is 0 Å². The molecule has 0 bridgehead atoms. The molecule has 0 spiro atoms. The molecule has 4 nitrogen and oxygen atoms in total. The highest BCUT2D eigenvalue weighted by atomic mass is 16.5. The molecule has 18 heavy (non-hydrogen) atoms. The molecule has 2 aromatic rings. The lowest BCUT2D eigenvalue weighted by Gasteiger charge is -2.15. The normalized spacial score (nSPS) is 12.3. The summed E-state index contributed by atoms with van der Waals surface area (Å²) in [6.45, 7) is 3.92. The van der Waals surface area contributed by atoms with Gasteiger partial charge in [-0.05, 0) is 30.7 Å². The van der Waals surface area contributed by atoms with Gasteiger partial charge in [-0.1, -0.05) is 12.1 Å². The van der Waals surface area contributed by atoms with E-state index in [0.29, 0.717) is 6.04 Å². The Morgan fingerprint density at radius 2 is 2.28 bits per heavy atom. The Balaban J connectivity index is 1.85. The molecule has 1 aromatic heterocycles. The quantitative estimate of drug-likeness (QED) is 0.848. The average molecular weight is 245 g/mol. The van der Waals surface area contributed by atoms with Crippen LogP contribution in [0.15, 0.2) is 42.7 Å². The lowest BCUT2D eigenvalue weighted by atomic mass is 10.1. The van der Waals surface area contributed by atoms with Crippen molar-refractivity contribution in [2.75, 3.05) is 13.7 Å². The third-order valence-corrected chi connectivity index (χ3v) is 2.94. The lowest BCUT2D eigenvalue weighted by Crippen LogP contribution is -2.23. The molecule has 1 atom stereocenters. The van der Waals surface area contributed by atoms with Crippen molar-refractivity contribution >= 4 is 0 Å². The number of methoxy groups -OCH3 is 1. The summed E-state index contributed by atoms with van der Waals surface area (Å²) in [6.07, 6.45) is 3.77. The minimum atomic E-state index is 0.302. The van der Waals surface area contributed by atoms with Crippen LogP contribution in [0.1, 0.15) is 18.5 Å². The van der Waals surface area contributed by atoms with Crippen LogP contribution < -0.4 is 10.1 Å². The van der Waals surface area contributed by atoms with Crippen molar-refractivity contribution in [1.82, 2.24) is 15.1 Å². The summed E-state index contributed by atoms with van der Waals surface area (Å²) in [7, 11) is 1.69. The van der Waals surface area contributed by atoms with E-state index in [-0.39, 0.29) is 0 Å². The van der Waals surface area contributed by atoms with E-state index in [9.17, 15) is 0 Å². The highest BCUT2D eigenvalue weighted by Gasteiger charge is 2.05. The van der Waals surface area contributed by atoms with Crippen LogP contribution in [-0.2, 0) is 6.54 Å². The molecule has 0 aliphatic rings. The topological polar surface area (TPSA) is 39.1 Å². The number of hydrogen-bond acceptors (Lipinski definition) is 3. The zero-order chi connectivity index (χ0) is 12.8. The van der Waals surface area contributed by atoms with Crippen LogP contribution in [-0.4, -0.2) is 23.4 Å². The summed E-state index contributed by atoms with van der Waals surface area (Å²) >= 11 is 0. The maximum Gasteiger partial charge on any atom is 0.119 e. The molecule has 0 amide bonds. The van der Waals surface area contributed by atoms with Crippen molar-refractivity contribution in [3.05, 3.63) is 48.3 Å². The first-order valence-corrected chi connectivity index (χ1v) is 6.14. The molecule has 0 aliphatic heterocycles. The van der Waals surface area contributed by atoms with Crippen LogP contribution in [0.2, 0.25) is 0 Å². The van der Waals surface area contributed by atoms with E-state index in [1.807, 2.05) is 29.1 Å². The molecule has 1 heterocycles. The van der Waals surface area contributed by atoms with Gasteiger partial charge in [0.05, 0.1) is 13.7 Å². The van der Waals surface area contributed by atoms with Crippen LogP contribution >= 0.6 is 0 Å². The first-order chi connectivity index (χ1) is 8.79. The van der Waals surface area contributed by atoms with Crippen molar-refractivity contribution in [3.8, 4) is 5.75 Å². The standard InChI is InChI=1S/C14H19N3O/c1-12(13-5-3-6-14(11-13)18-2)15-8-10-17-9-4-7-16-17/h3-7,9,11-12,15H,8,10H2,1-2H3/t12-/m1/s1. The zero-order valence-electron chi connectivity index (χ0n) is 10.8. The summed E-state index contributed by atoms with van der Waals surface area (Å²) in [4.78, 5) is 0. The molecule has 1 aromatic carbocycles. The lowest BCUT2D eigenvalue weighted by molar-refractivity contribution is 0.413. The molecule has 0 fully saturated rings. The second-order valence-electron chi connectivity index (χ2n) is 4.22. The van der Waals surface area contributed by atoms with E-state index < -0.39 is 0 Å². The number of nitrogens with zero attached hydrogens (tertiary/aromatic N) is 2. The van der Waals surface area contributed by atoms with Crippen molar-refractivity contribution < 1.29 is 4.74 Å². The van der Waals surface area contributed by atoms with Crippen LogP contribution in [0, 0.1) is 0 Å². The predicted molar refractivity (Wildman–Crippen MR) is 71.6 cm³/mol. The van der Waals surface area contributed by atoms with Crippen LogP contribution in [0.25, 0.3) is 0 Å². The Hall–Kier alpha value is -1.81. The highest BCUT2D eigenvalue weighted by molar-refractivity contribution is 5.30. The van der Waals surface area contributed by atoms with E-state index in [4.69, 9.17) is 4.74 Å². The second kappa shape index (κ2) is 6.21. The van der Waals surface area contributed by atoms with E-state index in [0.717, 1.165) is 18.8 Å². The summed E-state index contributed by atoms with van der Waals surface area (Å²) in [6, 6.07) is 10.4. The first-order valence-electron chi connectivity index (χ1n) is 6.14. The summed E-state index contributed by atoms with van der Waals surface area (Å²) < 4.78 is 7.15. The van der Waals surface area contributed by atoms with Crippen molar-refractivity contribution in [1.29, 1.82) is 0 Å². The van der Waals surface area contributed by atoms with Crippen molar-refractivity contribution in [3.63, 3.8) is 0 Å². The van der Waals surface area contributed by atoms with Gasteiger partial charge in [-0.15, -0.1) is 0 Å². The van der Waals surface area contributed by atoms with Crippen LogP contribution in [0.4, 0.5) is 0 Å².